The number of carbonyl (C=O) groups is 2. The van der Waals surface area contributed by atoms with Crippen molar-refractivity contribution in [1.82, 2.24) is 0 Å². The first-order valence-corrected chi connectivity index (χ1v) is 7.13. The van der Waals surface area contributed by atoms with Crippen molar-refractivity contribution >= 4 is 18.0 Å². The van der Waals surface area contributed by atoms with Crippen LogP contribution in [0.15, 0.2) is 47.6 Å². The molecule has 124 valence electrons. The first kappa shape index (κ1) is 17.2. The molecule has 0 unspecified atom stereocenters. The van der Waals surface area contributed by atoms with Gasteiger partial charge in [-0.3, -0.25) is 4.79 Å². The maximum absolute atomic E-state index is 12.6. The van der Waals surface area contributed by atoms with Crippen LogP contribution >= 0.6 is 0 Å². The molecular weight excluding hydrogens is 310 g/mol. The number of ketones is 1. The Morgan fingerprint density at radius 2 is 1.62 bits per heavy atom. The lowest BCUT2D eigenvalue weighted by molar-refractivity contribution is -0.140. The van der Waals surface area contributed by atoms with Crippen LogP contribution in [0.2, 0.25) is 0 Å². The van der Waals surface area contributed by atoms with Crippen molar-refractivity contribution in [3.05, 3.63) is 59.2 Å². The molecule has 0 heterocycles. The Balaban J connectivity index is 2.30. The average molecular weight is 327 g/mol. The predicted octanol–water partition coefficient (Wildman–Crippen LogP) is 2.83. The maximum Gasteiger partial charge on any atom is 0.331 e. The standard InChI is InChI=1S/C18H17NO5/c1-12(20)24-19-11-15-10-14(6-9-17(15)23-3)18(21)13-4-7-16(22-2)8-5-13/h4-11H,1-3H3. The summed E-state index contributed by atoms with van der Waals surface area (Å²) >= 11 is 0. The molecular formula is C18H17NO5. The molecule has 0 saturated heterocycles. The lowest BCUT2D eigenvalue weighted by Gasteiger charge is -2.07. The number of nitrogens with zero attached hydrogens (tertiary/aromatic N) is 1. The minimum absolute atomic E-state index is 0.151. The molecule has 0 radical (unpaired) electrons. The molecule has 0 atom stereocenters. The normalized spacial score (nSPS) is 10.5. The van der Waals surface area contributed by atoms with E-state index in [1.807, 2.05) is 0 Å². The summed E-state index contributed by atoms with van der Waals surface area (Å²) in [5, 5.41) is 3.56. The number of rotatable bonds is 6. The van der Waals surface area contributed by atoms with Crippen LogP contribution < -0.4 is 9.47 Å². The second kappa shape index (κ2) is 7.92. The van der Waals surface area contributed by atoms with Crippen molar-refractivity contribution in [3.8, 4) is 11.5 Å². The van der Waals surface area contributed by atoms with Crippen LogP contribution in [0.3, 0.4) is 0 Å². The van der Waals surface area contributed by atoms with E-state index in [4.69, 9.17) is 9.47 Å². The Kier molecular flexibility index (Phi) is 5.68. The molecule has 0 aromatic heterocycles. The van der Waals surface area contributed by atoms with E-state index in [2.05, 4.69) is 9.99 Å². The summed E-state index contributed by atoms with van der Waals surface area (Å²) in [6.07, 6.45) is 1.32. The van der Waals surface area contributed by atoms with Gasteiger partial charge in [0.05, 0.1) is 20.4 Å². The third-order valence-electron chi connectivity index (χ3n) is 3.22. The van der Waals surface area contributed by atoms with Crippen molar-refractivity contribution in [2.75, 3.05) is 14.2 Å². The summed E-state index contributed by atoms with van der Waals surface area (Å²) in [6.45, 7) is 1.25. The zero-order valence-corrected chi connectivity index (χ0v) is 13.6. The summed E-state index contributed by atoms with van der Waals surface area (Å²) < 4.78 is 10.3. The highest BCUT2D eigenvalue weighted by Gasteiger charge is 2.12. The van der Waals surface area contributed by atoms with E-state index in [1.54, 1.807) is 49.6 Å². The summed E-state index contributed by atoms with van der Waals surface area (Å²) in [5.74, 6) is 0.505. The third-order valence-corrected chi connectivity index (χ3v) is 3.22. The molecule has 2 rings (SSSR count). The molecule has 0 amide bonds. The van der Waals surface area contributed by atoms with Gasteiger partial charge in [0.2, 0.25) is 0 Å². The molecule has 0 N–H and O–H groups in total. The predicted molar refractivity (Wildman–Crippen MR) is 88.8 cm³/mol. The quantitative estimate of drug-likeness (QED) is 0.353. The van der Waals surface area contributed by atoms with E-state index >= 15 is 0 Å². The van der Waals surface area contributed by atoms with Gasteiger partial charge >= 0.3 is 5.97 Å². The van der Waals surface area contributed by atoms with E-state index in [-0.39, 0.29) is 5.78 Å². The Morgan fingerprint density at radius 1 is 0.958 bits per heavy atom. The lowest BCUT2D eigenvalue weighted by Crippen LogP contribution is -2.03. The van der Waals surface area contributed by atoms with Crippen LogP contribution in [-0.2, 0) is 9.63 Å². The topological polar surface area (TPSA) is 74.2 Å². The average Bonchev–Trinajstić information content (AvgIpc) is 2.60. The second-order valence-electron chi connectivity index (χ2n) is 4.83. The van der Waals surface area contributed by atoms with Crippen LogP contribution in [0.4, 0.5) is 0 Å². The molecule has 0 aliphatic rings. The second-order valence-corrected chi connectivity index (χ2v) is 4.83. The van der Waals surface area contributed by atoms with E-state index in [0.29, 0.717) is 28.2 Å². The Bertz CT molecular complexity index is 765. The molecule has 0 fully saturated rings. The Morgan fingerprint density at radius 3 is 2.21 bits per heavy atom. The van der Waals surface area contributed by atoms with E-state index < -0.39 is 5.97 Å². The van der Waals surface area contributed by atoms with Crippen molar-refractivity contribution < 1.29 is 23.9 Å². The Labute approximate surface area is 139 Å². The van der Waals surface area contributed by atoms with Gasteiger partial charge in [0.1, 0.15) is 11.5 Å². The number of hydrogen-bond donors (Lipinski definition) is 0. The molecule has 0 bridgehead atoms. The third kappa shape index (κ3) is 4.19. The molecule has 6 heteroatoms. The number of oxime groups is 1. The van der Waals surface area contributed by atoms with Crippen LogP contribution in [0.25, 0.3) is 0 Å². The van der Waals surface area contributed by atoms with Crippen LogP contribution in [0.5, 0.6) is 11.5 Å². The zero-order chi connectivity index (χ0) is 17.5. The number of methoxy groups -OCH3 is 2. The molecule has 0 aliphatic heterocycles. The summed E-state index contributed by atoms with van der Waals surface area (Å²) in [4.78, 5) is 27.9. The van der Waals surface area contributed by atoms with Gasteiger partial charge in [0.15, 0.2) is 5.78 Å². The number of carbonyl (C=O) groups excluding carboxylic acids is 2. The van der Waals surface area contributed by atoms with Gasteiger partial charge < -0.3 is 14.3 Å². The first-order chi connectivity index (χ1) is 11.5. The highest BCUT2D eigenvalue weighted by molar-refractivity contribution is 6.10. The monoisotopic (exact) mass is 327 g/mol. The lowest BCUT2D eigenvalue weighted by atomic mass is 10.0. The maximum atomic E-state index is 12.6. The van der Waals surface area contributed by atoms with Gasteiger partial charge in [-0.1, -0.05) is 5.16 Å². The van der Waals surface area contributed by atoms with E-state index in [9.17, 15) is 9.59 Å². The number of benzene rings is 2. The fraction of sp³-hybridized carbons (Fsp3) is 0.167. The SMILES string of the molecule is COc1ccc(C(=O)c2ccc(OC)c(C=NOC(C)=O)c2)cc1. The molecule has 0 spiro atoms. The van der Waals surface area contributed by atoms with Gasteiger partial charge in [0, 0.05) is 23.6 Å². The van der Waals surface area contributed by atoms with Gasteiger partial charge in [-0.25, -0.2) is 4.79 Å². The first-order valence-electron chi connectivity index (χ1n) is 7.13. The van der Waals surface area contributed by atoms with Gasteiger partial charge in [-0.2, -0.15) is 0 Å². The van der Waals surface area contributed by atoms with Crippen molar-refractivity contribution in [3.63, 3.8) is 0 Å². The van der Waals surface area contributed by atoms with Crippen LogP contribution in [0.1, 0.15) is 28.4 Å². The largest absolute Gasteiger partial charge is 0.497 e. The highest BCUT2D eigenvalue weighted by atomic mass is 16.7. The minimum Gasteiger partial charge on any atom is -0.497 e. The van der Waals surface area contributed by atoms with Crippen LogP contribution in [-0.4, -0.2) is 32.2 Å². The fourth-order valence-electron chi connectivity index (χ4n) is 2.04. The van der Waals surface area contributed by atoms with E-state index in [1.165, 1.54) is 20.2 Å². The Hall–Kier alpha value is -3.15. The number of hydrogen-bond acceptors (Lipinski definition) is 6. The molecule has 6 nitrogen and oxygen atoms in total. The van der Waals surface area contributed by atoms with E-state index in [0.717, 1.165) is 0 Å². The summed E-state index contributed by atoms with van der Waals surface area (Å²) in [6, 6.07) is 11.8. The highest BCUT2D eigenvalue weighted by Crippen LogP contribution is 2.21. The van der Waals surface area contributed by atoms with Crippen molar-refractivity contribution in [2.45, 2.75) is 6.92 Å². The van der Waals surface area contributed by atoms with Crippen molar-refractivity contribution in [1.29, 1.82) is 0 Å². The molecule has 0 saturated carbocycles. The van der Waals surface area contributed by atoms with Gasteiger partial charge in [-0.05, 0) is 42.5 Å². The van der Waals surface area contributed by atoms with Crippen molar-refractivity contribution in [2.24, 2.45) is 5.16 Å². The molecule has 0 aliphatic carbocycles. The molecule has 2 aromatic carbocycles. The molecule has 2 aromatic rings. The van der Waals surface area contributed by atoms with Gasteiger partial charge in [-0.15, -0.1) is 0 Å². The molecule has 24 heavy (non-hydrogen) atoms. The van der Waals surface area contributed by atoms with Gasteiger partial charge in [0.25, 0.3) is 0 Å². The zero-order valence-electron chi connectivity index (χ0n) is 13.6. The fourth-order valence-corrected chi connectivity index (χ4v) is 2.04. The smallest absolute Gasteiger partial charge is 0.331 e. The minimum atomic E-state index is -0.532. The summed E-state index contributed by atoms with van der Waals surface area (Å²) in [7, 11) is 3.07. The number of ether oxygens (including phenoxy) is 2. The summed E-state index contributed by atoms with van der Waals surface area (Å²) in [5.41, 5.74) is 1.52. The van der Waals surface area contributed by atoms with Crippen LogP contribution in [0, 0.1) is 0 Å².